The number of sulfonamides is 1. The Balaban J connectivity index is 2.13. The van der Waals surface area contributed by atoms with E-state index < -0.39 is 10.0 Å². The molecule has 0 bridgehead atoms. The Labute approximate surface area is 153 Å². The molecule has 0 saturated heterocycles. The topological polar surface area (TPSA) is 66.5 Å². The highest BCUT2D eigenvalue weighted by atomic mass is 35.5. The summed E-state index contributed by atoms with van der Waals surface area (Å²) < 4.78 is 26.5. The van der Waals surface area contributed by atoms with Gasteiger partial charge in [-0.2, -0.15) is 0 Å². The maximum absolute atomic E-state index is 12.6. The fraction of sp³-hybridized carbons (Fsp3) is 0.278. The molecule has 0 radical (unpaired) electrons. The van der Waals surface area contributed by atoms with Crippen molar-refractivity contribution < 1.29 is 13.2 Å². The van der Waals surface area contributed by atoms with Crippen LogP contribution in [-0.2, 0) is 21.2 Å². The van der Waals surface area contributed by atoms with E-state index in [4.69, 9.17) is 11.6 Å². The van der Waals surface area contributed by atoms with Crippen LogP contribution in [0.5, 0.6) is 0 Å². The van der Waals surface area contributed by atoms with Crippen LogP contribution in [0.3, 0.4) is 0 Å². The van der Waals surface area contributed by atoms with E-state index in [2.05, 4.69) is 5.32 Å². The minimum absolute atomic E-state index is 0.0447. The quantitative estimate of drug-likeness (QED) is 0.801. The van der Waals surface area contributed by atoms with Gasteiger partial charge in [-0.3, -0.25) is 9.10 Å². The van der Waals surface area contributed by atoms with Gasteiger partial charge in [0.1, 0.15) is 0 Å². The summed E-state index contributed by atoms with van der Waals surface area (Å²) in [4.78, 5) is 11.9. The first-order chi connectivity index (χ1) is 11.8. The maximum Gasteiger partial charge on any atom is 0.264 e. The minimum atomic E-state index is -3.66. The van der Waals surface area contributed by atoms with Gasteiger partial charge in [-0.05, 0) is 48.4 Å². The van der Waals surface area contributed by atoms with Gasteiger partial charge in [0, 0.05) is 18.6 Å². The number of hydrogen-bond donors (Lipinski definition) is 1. The Morgan fingerprint density at radius 2 is 1.68 bits per heavy atom. The van der Waals surface area contributed by atoms with Crippen LogP contribution < -0.4 is 9.62 Å². The molecule has 1 amide bonds. The van der Waals surface area contributed by atoms with Gasteiger partial charge in [0.05, 0.1) is 17.0 Å². The molecule has 2 aromatic carbocycles. The summed E-state index contributed by atoms with van der Waals surface area (Å²) in [6.45, 7) is 2.64. The number of halogens is 1. The molecule has 5 nitrogen and oxygen atoms in total. The summed E-state index contributed by atoms with van der Waals surface area (Å²) in [5, 5.41) is 3.29. The summed E-state index contributed by atoms with van der Waals surface area (Å²) in [5.41, 5.74) is 1.35. The molecule has 0 unspecified atom stereocenters. The highest BCUT2D eigenvalue weighted by Gasteiger charge is 2.21. The molecule has 2 aromatic rings. The Morgan fingerprint density at radius 1 is 1.08 bits per heavy atom. The number of benzene rings is 2. The molecule has 1 N–H and O–H groups in total. The normalized spacial score (nSPS) is 11.2. The zero-order chi connectivity index (χ0) is 18.4. The van der Waals surface area contributed by atoms with Crippen molar-refractivity contribution in [3.8, 4) is 0 Å². The van der Waals surface area contributed by atoms with Crippen molar-refractivity contribution in [3.05, 3.63) is 59.1 Å². The van der Waals surface area contributed by atoms with E-state index in [1.165, 1.54) is 23.5 Å². The molecule has 0 spiro atoms. The van der Waals surface area contributed by atoms with Crippen LogP contribution in [-0.4, -0.2) is 27.9 Å². The van der Waals surface area contributed by atoms with Gasteiger partial charge in [0.15, 0.2) is 0 Å². The lowest BCUT2D eigenvalue weighted by molar-refractivity contribution is -0.120. The monoisotopic (exact) mass is 380 g/mol. The molecule has 2 rings (SSSR count). The Kier molecular flexibility index (Phi) is 6.45. The molecule has 0 atom stereocenters. The number of nitrogens with one attached hydrogen (secondary N) is 1. The molecule has 0 aliphatic heterocycles. The second-order valence-electron chi connectivity index (χ2n) is 5.62. The second kappa shape index (κ2) is 8.36. The van der Waals surface area contributed by atoms with Crippen molar-refractivity contribution in [2.45, 2.75) is 24.7 Å². The van der Waals surface area contributed by atoms with Gasteiger partial charge in [-0.25, -0.2) is 8.42 Å². The SMILES string of the molecule is CCCNC(=O)Cc1ccc(N(C)S(=O)(=O)c2ccc(Cl)cc2)cc1. The van der Waals surface area contributed by atoms with E-state index in [1.807, 2.05) is 6.92 Å². The number of hydrogen-bond acceptors (Lipinski definition) is 3. The Hall–Kier alpha value is -2.05. The van der Waals surface area contributed by atoms with Crippen LogP contribution in [0.1, 0.15) is 18.9 Å². The van der Waals surface area contributed by atoms with Gasteiger partial charge in [-0.1, -0.05) is 30.7 Å². The number of anilines is 1. The van der Waals surface area contributed by atoms with Crippen LogP contribution >= 0.6 is 11.6 Å². The second-order valence-corrected chi connectivity index (χ2v) is 8.03. The molecular formula is C18H21ClN2O3S. The van der Waals surface area contributed by atoms with Crippen LogP contribution in [0.15, 0.2) is 53.4 Å². The number of carbonyl (C=O) groups is 1. The smallest absolute Gasteiger partial charge is 0.264 e. The summed E-state index contributed by atoms with van der Waals surface area (Å²) in [6.07, 6.45) is 1.16. The summed E-state index contributed by atoms with van der Waals surface area (Å²) in [6, 6.07) is 12.9. The van der Waals surface area contributed by atoms with Gasteiger partial charge in [0.25, 0.3) is 10.0 Å². The summed E-state index contributed by atoms with van der Waals surface area (Å²) in [7, 11) is -2.17. The minimum Gasteiger partial charge on any atom is -0.356 e. The lowest BCUT2D eigenvalue weighted by atomic mass is 10.1. The zero-order valence-electron chi connectivity index (χ0n) is 14.2. The van der Waals surface area contributed by atoms with Crippen molar-refractivity contribution in [3.63, 3.8) is 0 Å². The Bertz CT molecular complexity index is 818. The van der Waals surface area contributed by atoms with Gasteiger partial charge < -0.3 is 5.32 Å². The third-order valence-electron chi connectivity index (χ3n) is 3.71. The standard InChI is InChI=1S/C18H21ClN2O3S/c1-3-12-20-18(22)13-14-4-8-16(9-5-14)21(2)25(23,24)17-10-6-15(19)7-11-17/h4-11H,3,12-13H2,1-2H3,(H,20,22). The lowest BCUT2D eigenvalue weighted by Gasteiger charge is -2.20. The molecule has 0 aliphatic rings. The van der Waals surface area contributed by atoms with Gasteiger partial charge in [-0.15, -0.1) is 0 Å². The fourth-order valence-corrected chi connectivity index (χ4v) is 3.56. The predicted molar refractivity (Wildman–Crippen MR) is 100 cm³/mol. The van der Waals surface area contributed by atoms with E-state index in [0.717, 1.165) is 12.0 Å². The fourth-order valence-electron chi connectivity index (χ4n) is 2.24. The van der Waals surface area contributed by atoms with E-state index in [9.17, 15) is 13.2 Å². The Morgan fingerprint density at radius 3 is 2.24 bits per heavy atom. The van der Waals surface area contributed by atoms with E-state index >= 15 is 0 Å². The molecular weight excluding hydrogens is 360 g/mol. The van der Waals surface area contributed by atoms with Crippen molar-refractivity contribution >= 4 is 33.2 Å². The lowest BCUT2D eigenvalue weighted by Crippen LogP contribution is -2.27. The van der Waals surface area contributed by atoms with Gasteiger partial charge in [0.2, 0.25) is 5.91 Å². The first-order valence-electron chi connectivity index (χ1n) is 7.94. The number of rotatable bonds is 7. The number of amides is 1. The van der Waals surface area contributed by atoms with Crippen LogP contribution in [0.4, 0.5) is 5.69 Å². The molecule has 0 fully saturated rings. The van der Waals surface area contributed by atoms with Crippen LogP contribution in [0.2, 0.25) is 5.02 Å². The molecule has 0 saturated carbocycles. The molecule has 0 aliphatic carbocycles. The first-order valence-corrected chi connectivity index (χ1v) is 9.76. The van der Waals surface area contributed by atoms with E-state index in [0.29, 0.717) is 17.3 Å². The summed E-state index contributed by atoms with van der Waals surface area (Å²) in [5.74, 6) is -0.0447. The largest absolute Gasteiger partial charge is 0.356 e. The summed E-state index contributed by atoms with van der Waals surface area (Å²) >= 11 is 5.81. The third kappa shape index (κ3) is 4.96. The van der Waals surface area contributed by atoms with E-state index in [-0.39, 0.29) is 17.2 Å². The molecule has 0 aromatic heterocycles. The third-order valence-corrected chi connectivity index (χ3v) is 5.76. The zero-order valence-corrected chi connectivity index (χ0v) is 15.8. The number of nitrogens with zero attached hydrogens (tertiary/aromatic N) is 1. The molecule has 0 heterocycles. The van der Waals surface area contributed by atoms with Crippen molar-refractivity contribution in [1.29, 1.82) is 0 Å². The predicted octanol–water partition coefficient (Wildman–Crippen LogP) is 3.23. The highest BCUT2D eigenvalue weighted by Crippen LogP contribution is 2.23. The van der Waals surface area contributed by atoms with Crippen molar-refractivity contribution in [2.24, 2.45) is 0 Å². The highest BCUT2D eigenvalue weighted by molar-refractivity contribution is 7.92. The van der Waals surface area contributed by atoms with Gasteiger partial charge >= 0.3 is 0 Å². The molecule has 7 heteroatoms. The van der Waals surface area contributed by atoms with E-state index in [1.54, 1.807) is 36.4 Å². The molecule has 25 heavy (non-hydrogen) atoms. The van der Waals surface area contributed by atoms with Crippen LogP contribution in [0, 0.1) is 0 Å². The maximum atomic E-state index is 12.6. The van der Waals surface area contributed by atoms with Crippen molar-refractivity contribution in [2.75, 3.05) is 17.9 Å². The number of carbonyl (C=O) groups excluding carboxylic acids is 1. The average Bonchev–Trinajstić information content (AvgIpc) is 2.60. The van der Waals surface area contributed by atoms with Crippen molar-refractivity contribution in [1.82, 2.24) is 5.32 Å². The van der Waals surface area contributed by atoms with Crippen LogP contribution in [0.25, 0.3) is 0 Å². The average molecular weight is 381 g/mol. The first kappa shape index (κ1) is 19.3. The molecule has 134 valence electrons.